The first-order valence-electron chi connectivity index (χ1n) is 2.32. The van der Waals surface area contributed by atoms with E-state index in [0.717, 1.165) is 5.71 Å². The molecule has 0 aromatic rings. The van der Waals surface area contributed by atoms with E-state index in [9.17, 15) is 0 Å². The Morgan fingerprint density at radius 2 is 1.71 bits per heavy atom. The van der Waals surface area contributed by atoms with Crippen LogP contribution in [0.3, 0.4) is 0 Å². The Morgan fingerprint density at radius 3 is 1.71 bits per heavy atom. The summed E-state index contributed by atoms with van der Waals surface area (Å²) < 4.78 is 0. The van der Waals surface area contributed by atoms with Crippen molar-refractivity contribution in [3.05, 3.63) is 0 Å². The molecule has 0 aliphatic carbocycles. The van der Waals surface area contributed by atoms with Crippen LogP contribution in [0.25, 0.3) is 0 Å². The average molecular weight is 100 g/mol. The fourth-order valence-corrected chi connectivity index (χ4v) is 0.400. The first kappa shape index (κ1) is 6.47. The SMILES string of the molecule is CC(C)=NN(C)C. The van der Waals surface area contributed by atoms with Crippen LogP contribution in [0, 0.1) is 0 Å². The largest absolute Gasteiger partial charge is 0.303 e. The van der Waals surface area contributed by atoms with E-state index >= 15 is 0 Å². The molecule has 0 N–H and O–H groups in total. The Kier molecular flexibility index (Phi) is 2.41. The molecule has 7 heavy (non-hydrogen) atoms. The van der Waals surface area contributed by atoms with Gasteiger partial charge in [-0.3, -0.25) is 0 Å². The van der Waals surface area contributed by atoms with Crippen LogP contribution in [0.1, 0.15) is 13.8 Å². The molecule has 0 fully saturated rings. The molecule has 0 rings (SSSR count). The molecule has 0 saturated heterocycles. The minimum atomic E-state index is 1.09. The summed E-state index contributed by atoms with van der Waals surface area (Å²) in [4.78, 5) is 0. The molecule has 0 aliphatic heterocycles. The second-order valence-electron chi connectivity index (χ2n) is 1.89. The highest BCUT2D eigenvalue weighted by Crippen LogP contribution is 1.76. The molecule has 0 atom stereocenters. The van der Waals surface area contributed by atoms with E-state index in [4.69, 9.17) is 0 Å². The second kappa shape index (κ2) is 2.61. The van der Waals surface area contributed by atoms with E-state index in [1.165, 1.54) is 0 Å². The molecule has 42 valence electrons. The number of hydrogen-bond donors (Lipinski definition) is 0. The van der Waals surface area contributed by atoms with Crippen molar-refractivity contribution in [2.24, 2.45) is 5.10 Å². The van der Waals surface area contributed by atoms with Gasteiger partial charge >= 0.3 is 0 Å². The highest BCUT2D eigenvalue weighted by molar-refractivity contribution is 5.78. The molecule has 0 saturated carbocycles. The van der Waals surface area contributed by atoms with Gasteiger partial charge in [0.25, 0.3) is 0 Å². The summed E-state index contributed by atoms with van der Waals surface area (Å²) in [5.74, 6) is 0. The Balaban J connectivity index is 3.45. The van der Waals surface area contributed by atoms with Crippen LogP contribution < -0.4 is 0 Å². The van der Waals surface area contributed by atoms with Gasteiger partial charge in [-0.25, -0.2) is 0 Å². The summed E-state index contributed by atoms with van der Waals surface area (Å²) in [7, 11) is 3.82. The Bertz CT molecular complexity index is 70.1. The van der Waals surface area contributed by atoms with Crippen LogP contribution in [0.15, 0.2) is 5.10 Å². The first-order chi connectivity index (χ1) is 3.13. The average Bonchev–Trinajstić information content (AvgIpc) is 1.27. The minimum Gasteiger partial charge on any atom is -0.303 e. The van der Waals surface area contributed by atoms with E-state index in [0.29, 0.717) is 0 Å². The van der Waals surface area contributed by atoms with Gasteiger partial charge in [0.1, 0.15) is 0 Å². The molecule has 0 spiro atoms. The van der Waals surface area contributed by atoms with Crippen LogP contribution in [-0.4, -0.2) is 24.8 Å². The maximum Gasteiger partial charge on any atom is 0.0318 e. The standard InChI is InChI=1S/C5H12N2/c1-5(2)6-7(3)4/h1-4H3. The molecule has 2 heteroatoms. The van der Waals surface area contributed by atoms with Gasteiger partial charge < -0.3 is 5.01 Å². The Hall–Kier alpha value is -0.530. The molecule has 0 radical (unpaired) electrons. The minimum absolute atomic E-state index is 1.09. The van der Waals surface area contributed by atoms with Crippen LogP contribution in [0.4, 0.5) is 0 Å². The van der Waals surface area contributed by atoms with Crippen molar-refractivity contribution < 1.29 is 0 Å². The predicted molar refractivity (Wildman–Crippen MR) is 32.5 cm³/mol. The van der Waals surface area contributed by atoms with Crippen LogP contribution in [0.2, 0.25) is 0 Å². The zero-order valence-corrected chi connectivity index (χ0v) is 5.39. The van der Waals surface area contributed by atoms with Gasteiger partial charge in [0.2, 0.25) is 0 Å². The molecule has 0 aromatic carbocycles. The molecular weight excluding hydrogens is 88.1 g/mol. The van der Waals surface area contributed by atoms with Gasteiger partial charge in [-0.1, -0.05) is 0 Å². The summed E-state index contributed by atoms with van der Waals surface area (Å²) in [6.07, 6.45) is 0. The first-order valence-corrected chi connectivity index (χ1v) is 2.32. The van der Waals surface area contributed by atoms with E-state index in [2.05, 4.69) is 5.10 Å². The number of hydrogen-bond acceptors (Lipinski definition) is 2. The summed E-state index contributed by atoms with van der Waals surface area (Å²) in [5, 5.41) is 5.81. The summed E-state index contributed by atoms with van der Waals surface area (Å²) in [5.41, 5.74) is 1.09. The molecule has 0 heterocycles. The smallest absolute Gasteiger partial charge is 0.0318 e. The highest BCUT2D eigenvalue weighted by Gasteiger charge is 1.76. The quantitative estimate of drug-likeness (QED) is 0.354. The molecule has 0 aromatic heterocycles. The van der Waals surface area contributed by atoms with Crippen LogP contribution >= 0.6 is 0 Å². The van der Waals surface area contributed by atoms with Gasteiger partial charge in [0, 0.05) is 19.8 Å². The summed E-state index contributed by atoms with van der Waals surface area (Å²) in [6, 6.07) is 0. The van der Waals surface area contributed by atoms with Gasteiger partial charge in [-0.05, 0) is 13.8 Å². The monoisotopic (exact) mass is 100 g/mol. The van der Waals surface area contributed by atoms with Crippen molar-refractivity contribution in [2.45, 2.75) is 13.8 Å². The molecule has 0 aliphatic rings. The Labute approximate surface area is 44.8 Å². The molecular formula is C5H12N2. The van der Waals surface area contributed by atoms with Gasteiger partial charge in [0.05, 0.1) is 0 Å². The normalized spacial score (nSPS) is 8.00. The third kappa shape index (κ3) is 5.47. The molecule has 0 bridgehead atoms. The maximum absolute atomic E-state index is 4.03. The highest BCUT2D eigenvalue weighted by atomic mass is 15.4. The van der Waals surface area contributed by atoms with Crippen molar-refractivity contribution in [3.63, 3.8) is 0 Å². The van der Waals surface area contributed by atoms with Gasteiger partial charge in [0.15, 0.2) is 0 Å². The summed E-state index contributed by atoms with van der Waals surface area (Å²) >= 11 is 0. The van der Waals surface area contributed by atoms with E-state index in [1.54, 1.807) is 5.01 Å². The fraction of sp³-hybridized carbons (Fsp3) is 0.800. The third-order valence-corrected chi connectivity index (χ3v) is 0.400. The molecule has 0 amide bonds. The van der Waals surface area contributed by atoms with E-state index < -0.39 is 0 Å². The lowest BCUT2D eigenvalue weighted by Crippen LogP contribution is -2.03. The number of hydrazone groups is 1. The maximum atomic E-state index is 4.03. The van der Waals surface area contributed by atoms with Crippen molar-refractivity contribution in [3.8, 4) is 0 Å². The number of nitrogens with zero attached hydrogens (tertiary/aromatic N) is 2. The van der Waals surface area contributed by atoms with Crippen molar-refractivity contribution >= 4 is 5.71 Å². The van der Waals surface area contributed by atoms with Gasteiger partial charge in [-0.15, -0.1) is 0 Å². The fourth-order valence-electron chi connectivity index (χ4n) is 0.400. The lowest BCUT2D eigenvalue weighted by Gasteiger charge is -2.02. The second-order valence-corrected chi connectivity index (χ2v) is 1.89. The topological polar surface area (TPSA) is 15.6 Å². The van der Waals surface area contributed by atoms with E-state index in [-0.39, 0.29) is 0 Å². The Morgan fingerprint density at radius 1 is 1.29 bits per heavy atom. The summed E-state index contributed by atoms with van der Waals surface area (Å²) in [6.45, 7) is 3.94. The van der Waals surface area contributed by atoms with Crippen molar-refractivity contribution in [1.82, 2.24) is 5.01 Å². The molecule has 2 nitrogen and oxygen atoms in total. The van der Waals surface area contributed by atoms with Crippen molar-refractivity contribution in [1.29, 1.82) is 0 Å². The van der Waals surface area contributed by atoms with Gasteiger partial charge in [-0.2, -0.15) is 5.10 Å². The lowest BCUT2D eigenvalue weighted by molar-refractivity contribution is 0.437. The zero-order valence-electron chi connectivity index (χ0n) is 5.39. The van der Waals surface area contributed by atoms with Crippen LogP contribution in [0.5, 0.6) is 0 Å². The predicted octanol–water partition coefficient (Wildman–Crippen LogP) is 0.944. The molecule has 0 unspecified atom stereocenters. The van der Waals surface area contributed by atoms with Crippen molar-refractivity contribution in [2.75, 3.05) is 14.1 Å². The number of rotatable bonds is 1. The van der Waals surface area contributed by atoms with E-state index in [1.807, 2.05) is 27.9 Å². The lowest BCUT2D eigenvalue weighted by atomic mass is 10.5. The zero-order chi connectivity index (χ0) is 5.86. The van der Waals surface area contributed by atoms with Crippen LogP contribution in [-0.2, 0) is 0 Å². The third-order valence-electron chi connectivity index (χ3n) is 0.400.